The zero-order valence-electron chi connectivity index (χ0n) is 22.4. The van der Waals surface area contributed by atoms with Gasteiger partial charge in [-0.25, -0.2) is 15.1 Å². The van der Waals surface area contributed by atoms with Crippen LogP contribution in [0.4, 0.5) is 0 Å². The summed E-state index contributed by atoms with van der Waals surface area (Å²) in [6, 6.07) is 10.3. The molecular formula is C28H33N5O5S2. The highest BCUT2D eigenvalue weighted by atomic mass is 32.2. The first-order valence-electron chi connectivity index (χ1n) is 13.0. The molecule has 5 rings (SSSR count). The molecule has 3 N–H and O–H groups in total. The molecule has 0 aliphatic heterocycles. The summed E-state index contributed by atoms with van der Waals surface area (Å²) in [5.41, 5.74) is 4.51. The van der Waals surface area contributed by atoms with Crippen LogP contribution in [0.2, 0.25) is 0 Å². The van der Waals surface area contributed by atoms with Crippen molar-refractivity contribution in [3.63, 3.8) is 0 Å². The summed E-state index contributed by atoms with van der Waals surface area (Å²) in [7, 11) is 0.0407. The van der Waals surface area contributed by atoms with E-state index in [9.17, 15) is 18.3 Å². The lowest BCUT2D eigenvalue weighted by atomic mass is 9.96. The number of para-hydroxylation sites is 1. The summed E-state index contributed by atoms with van der Waals surface area (Å²) >= 11 is 1.40. The molecule has 1 fully saturated rings. The average molecular weight is 584 g/mol. The molecular weight excluding hydrogens is 550 g/mol. The molecule has 0 unspecified atom stereocenters. The Hall–Kier alpha value is -3.00. The molecule has 10 nitrogen and oxygen atoms in total. The summed E-state index contributed by atoms with van der Waals surface area (Å²) < 4.78 is 29.2. The topological polar surface area (TPSA) is 141 Å². The van der Waals surface area contributed by atoms with Crippen molar-refractivity contribution in [1.82, 2.24) is 19.4 Å². The van der Waals surface area contributed by atoms with E-state index >= 15 is 0 Å². The Morgan fingerprint density at radius 1 is 1.27 bits per heavy atom. The van der Waals surface area contributed by atoms with Crippen LogP contribution in [-0.2, 0) is 34.0 Å². The molecule has 3 atom stereocenters. The first kappa shape index (κ1) is 28.5. The lowest BCUT2D eigenvalue weighted by Crippen LogP contribution is -2.24. The number of nitrogens with two attached hydrogens (primary N) is 1. The van der Waals surface area contributed by atoms with Crippen LogP contribution in [0.5, 0.6) is 0 Å². The number of carbonyl (C=O) groups excluding carboxylic acids is 1. The van der Waals surface area contributed by atoms with Crippen LogP contribution in [0.25, 0.3) is 10.9 Å². The maximum atomic E-state index is 13.6. The summed E-state index contributed by atoms with van der Waals surface area (Å²) in [6.07, 6.45) is 5.90. The van der Waals surface area contributed by atoms with Crippen LogP contribution < -0.4 is 5.14 Å². The quantitative estimate of drug-likeness (QED) is 0.257. The van der Waals surface area contributed by atoms with Crippen molar-refractivity contribution in [2.75, 3.05) is 20.7 Å². The first-order chi connectivity index (χ1) is 19.1. The molecule has 0 saturated heterocycles. The number of rotatable bonds is 11. The minimum absolute atomic E-state index is 0.0165. The number of aliphatic hydroxyl groups is 1. The Balaban J connectivity index is 1.30. The first-order valence-corrected chi connectivity index (χ1v) is 15.4. The van der Waals surface area contributed by atoms with Crippen molar-refractivity contribution in [3.05, 3.63) is 81.7 Å². The second kappa shape index (κ2) is 11.9. The van der Waals surface area contributed by atoms with Crippen LogP contribution in [-0.4, -0.2) is 65.5 Å². The summed E-state index contributed by atoms with van der Waals surface area (Å²) in [5.74, 6) is -0.472. The molecule has 3 heterocycles. The van der Waals surface area contributed by atoms with Gasteiger partial charge >= 0.3 is 10.3 Å². The molecule has 1 aliphatic carbocycles. The summed E-state index contributed by atoms with van der Waals surface area (Å²) in [5, 5.41) is 18.6. The normalized spacial score (nSPS) is 19.6. The van der Waals surface area contributed by atoms with Gasteiger partial charge in [0.15, 0.2) is 0 Å². The molecule has 12 heteroatoms. The second-order valence-electron chi connectivity index (χ2n) is 10.7. The summed E-state index contributed by atoms with van der Waals surface area (Å²) in [4.78, 5) is 24.8. The SMILES string of the molecule is CN(C)Cc1cn(Cc2csc(C(=O)c3cncnc3C[C@@H]3C[C@H](COS(N)(=O)=O)[C@@H](O)C3)c2)c2ccccc12. The highest BCUT2D eigenvalue weighted by Gasteiger charge is 2.35. The van der Waals surface area contributed by atoms with Crippen molar-refractivity contribution < 1.29 is 22.5 Å². The number of aromatic nitrogens is 3. The fourth-order valence-electron chi connectivity index (χ4n) is 5.55. The Morgan fingerprint density at radius 2 is 2.08 bits per heavy atom. The summed E-state index contributed by atoms with van der Waals surface area (Å²) in [6.45, 7) is 1.32. The predicted molar refractivity (Wildman–Crippen MR) is 153 cm³/mol. The Kier molecular flexibility index (Phi) is 8.45. The van der Waals surface area contributed by atoms with Crippen LogP contribution >= 0.6 is 11.3 Å². The number of ketones is 1. The lowest BCUT2D eigenvalue weighted by molar-refractivity contribution is 0.100. The minimum atomic E-state index is -4.07. The van der Waals surface area contributed by atoms with Crippen LogP contribution in [0, 0.1) is 11.8 Å². The van der Waals surface area contributed by atoms with Crippen LogP contribution in [0.3, 0.4) is 0 Å². The fourth-order valence-corrected chi connectivity index (χ4v) is 6.77. The Morgan fingerprint density at radius 3 is 2.85 bits per heavy atom. The van der Waals surface area contributed by atoms with Gasteiger partial charge < -0.3 is 14.6 Å². The number of hydrogen-bond acceptors (Lipinski definition) is 9. The number of benzene rings is 1. The zero-order valence-corrected chi connectivity index (χ0v) is 24.1. The molecule has 0 radical (unpaired) electrons. The standard InChI is InChI=1S/C28H33N5O5S2/c1-32(2)13-21-14-33(25-6-4-3-5-22(21)25)12-19-10-27(39-16-19)28(35)23-11-30-17-31-24(23)8-18-7-20(26(34)9-18)15-38-40(29,36)37/h3-6,10-11,14,16-18,20,26,34H,7-9,12-13,15H2,1-2H3,(H2,29,36,37)/t18-,20+,26-/m0/s1. The molecule has 0 amide bonds. The van der Waals surface area contributed by atoms with Crippen molar-refractivity contribution >= 4 is 38.3 Å². The van der Waals surface area contributed by atoms with Crippen molar-refractivity contribution in [3.8, 4) is 0 Å². The Bertz CT molecular complexity index is 1610. The number of thiophene rings is 1. The van der Waals surface area contributed by atoms with Crippen LogP contribution in [0.1, 0.15) is 44.9 Å². The van der Waals surface area contributed by atoms with Gasteiger partial charge in [0.25, 0.3) is 0 Å². The number of hydrogen-bond donors (Lipinski definition) is 2. The van der Waals surface area contributed by atoms with E-state index < -0.39 is 16.4 Å². The molecule has 1 saturated carbocycles. The minimum Gasteiger partial charge on any atom is -0.393 e. The molecule has 1 aliphatic rings. The lowest BCUT2D eigenvalue weighted by Gasteiger charge is -2.13. The zero-order chi connectivity index (χ0) is 28.4. The third-order valence-electron chi connectivity index (χ3n) is 7.31. The van der Waals surface area contributed by atoms with Crippen molar-refractivity contribution in [2.45, 2.75) is 38.5 Å². The predicted octanol–water partition coefficient (Wildman–Crippen LogP) is 2.98. The van der Waals surface area contributed by atoms with E-state index in [-0.39, 0.29) is 24.2 Å². The number of carbonyl (C=O) groups is 1. The van der Waals surface area contributed by atoms with E-state index in [1.165, 1.54) is 28.6 Å². The van der Waals surface area contributed by atoms with Gasteiger partial charge in [0.05, 0.1) is 28.8 Å². The number of aliphatic hydroxyl groups excluding tert-OH is 1. The van der Waals surface area contributed by atoms with Crippen LogP contribution in [0.15, 0.2) is 54.4 Å². The molecule has 40 heavy (non-hydrogen) atoms. The van der Waals surface area contributed by atoms with Gasteiger partial charge in [-0.2, -0.15) is 8.42 Å². The van der Waals surface area contributed by atoms with Gasteiger partial charge in [0, 0.05) is 42.3 Å². The molecule has 1 aromatic carbocycles. The van der Waals surface area contributed by atoms with Gasteiger partial charge in [-0.1, -0.05) is 18.2 Å². The van der Waals surface area contributed by atoms with E-state index in [2.05, 4.69) is 57.9 Å². The smallest absolute Gasteiger partial charge is 0.333 e. The molecule has 0 bridgehead atoms. The maximum absolute atomic E-state index is 13.6. The van der Waals surface area contributed by atoms with Crippen molar-refractivity contribution in [1.29, 1.82) is 0 Å². The van der Waals surface area contributed by atoms with E-state index in [1.807, 2.05) is 17.5 Å². The maximum Gasteiger partial charge on any atom is 0.333 e. The van der Waals surface area contributed by atoms with Gasteiger partial charge in [-0.3, -0.25) is 8.98 Å². The average Bonchev–Trinajstić information content (AvgIpc) is 3.60. The number of nitrogens with zero attached hydrogens (tertiary/aromatic N) is 4. The van der Waals surface area contributed by atoms with Gasteiger partial charge in [0.2, 0.25) is 5.78 Å². The Labute approximate surface area is 237 Å². The highest BCUT2D eigenvalue weighted by Crippen LogP contribution is 2.35. The van der Waals surface area contributed by atoms with E-state index in [0.717, 1.165) is 17.6 Å². The molecule has 3 aromatic heterocycles. The van der Waals surface area contributed by atoms with Gasteiger partial charge in [-0.15, -0.1) is 11.3 Å². The largest absolute Gasteiger partial charge is 0.393 e. The monoisotopic (exact) mass is 583 g/mol. The third-order valence-corrected chi connectivity index (χ3v) is 8.75. The molecule has 212 valence electrons. The van der Waals surface area contributed by atoms with Gasteiger partial charge in [0.1, 0.15) is 6.33 Å². The van der Waals surface area contributed by atoms with E-state index in [0.29, 0.717) is 41.9 Å². The number of fused-ring (bicyclic) bond motifs is 1. The highest BCUT2D eigenvalue weighted by molar-refractivity contribution is 7.84. The molecule has 0 spiro atoms. The molecule has 4 aromatic rings. The van der Waals surface area contributed by atoms with E-state index in [1.54, 1.807) is 6.20 Å². The van der Waals surface area contributed by atoms with Crippen molar-refractivity contribution in [2.24, 2.45) is 17.0 Å². The van der Waals surface area contributed by atoms with E-state index in [4.69, 9.17) is 9.32 Å². The fraction of sp³-hybridized carbons (Fsp3) is 0.393. The van der Waals surface area contributed by atoms with Gasteiger partial charge in [-0.05, 0) is 67.9 Å². The second-order valence-corrected chi connectivity index (χ2v) is 12.8. The third kappa shape index (κ3) is 6.65.